The van der Waals surface area contributed by atoms with Crippen LogP contribution in [0, 0.1) is 0 Å². The van der Waals surface area contributed by atoms with Gasteiger partial charge in [-0.05, 0) is 35.2 Å². The van der Waals surface area contributed by atoms with E-state index in [4.69, 9.17) is 9.72 Å². The van der Waals surface area contributed by atoms with Gasteiger partial charge in [0.2, 0.25) is 0 Å². The quantitative estimate of drug-likeness (QED) is 0.495. The molecule has 9 nitrogen and oxygen atoms in total. The molecule has 3 heterocycles. The van der Waals surface area contributed by atoms with Crippen molar-refractivity contribution in [3.8, 4) is 11.3 Å². The maximum atomic E-state index is 12.5. The molecule has 32 heavy (non-hydrogen) atoms. The van der Waals surface area contributed by atoms with Crippen molar-refractivity contribution in [2.75, 3.05) is 11.9 Å². The zero-order valence-corrected chi connectivity index (χ0v) is 20.0. The van der Waals surface area contributed by atoms with Crippen LogP contribution >= 0.6 is 15.9 Å². The van der Waals surface area contributed by atoms with Gasteiger partial charge in [-0.3, -0.25) is 9.48 Å². The van der Waals surface area contributed by atoms with Crippen molar-refractivity contribution < 1.29 is 14.3 Å². The summed E-state index contributed by atoms with van der Waals surface area (Å²) >= 11 is 3.66. The molecule has 1 saturated carbocycles. The first-order valence-electron chi connectivity index (χ1n) is 11.2. The number of rotatable bonds is 7. The second-order valence-electron chi connectivity index (χ2n) is 8.34. The first kappa shape index (κ1) is 22.6. The standard InChI is InChI=1S/C22H29BrN6O3/c1-3-4-9-32-22(31)27-16-8-6-5-7-15(16)26-20-18(23)14-11-24-21(30)17(14)19(28-20)13-10-25-29(2)12-13/h10,12,15-16H,3-9,11H2,1-2H3,(H,24,30)(H,26,28)(H,27,31)/t15-,16+/m1/s1. The Morgan fingerprint density at radius 2 is 2.12 bits per heavy atom. The molecule has 0 bridgehead atoms. The van der Waals surface area contributed by atoms with Crippen LogP contribution in [0.4, 0.5) is 10.6 Å². The van der Waals surface area contributed by atoms with Crippen LogP contribution in [0.3, 0.4) is 0 Å². The largest absolute Gasteiger partial charge is 0.450 e. The Bertz CT molecular complexity index is 1010. The number of carbonyl (C=O) groups excluding carboxylic acids is 2. The second-order valence-corrected chi connectivity index (χ2v) is 9.13. The van der Waals surface area contributed by atoms with E-state index in [0.29, 0.717) is 30.2 Å². The summed E-state index contributed by atoms with van der Waals surface area (Å²) < 4.78 is 7.76. The molecule has 172 valence electrons. The molecule has 0 radical (unpaired) electrons. The molecule has 1 fully saturated rings. The monoisotopic (exact) mass is 504 g/mol. The Balaban J connectivity index is 1.59. The zero-order valence-electron chi connectivity index (χ0n) is 18.4. The van der Waals surface area contributed by atoms with Crippen molar-refractivity contribution in [1.82, 2.24) is 25.4 Å². The van der Waals surface area contributed by atoms with Gasteiger partial charge in [-0.25, -0.2) is 9.78 Å². The van der Waals surface area contributed by atoms with Gasteiger partial charge in [0.25, 0.3) is 5.91 Å². The van der Waals surface area contributed by atoms with Crippen LogP contribution in [0.2, 0.25) is 0 Å². The lowest BCUT2D eigenvalue weighted by molar-refractivity contribution is 0.0966. The maximum absolute atomic E-state index is 12.5. The van der Waals surface area contributed by atoms with Crippen molar-refractivity contribution >= 4 is 33.7 Å². The highest BCUT2D eigenvalue weighted by molar-refractivity contribution is 9.10. The van der Waals surface area contributed by atoms with Crippen LogP contribution in [0.25, 0.3) is 11.3 Å². The van der Waals surface area contributed by atoms with Gasteiger partial charge < -0.3 is 20.7 Å². The number of ether oxygens (including phenoxy) is 1. The number of carbonyl (C=O) groups is 2. The van der Waals surface area contributed by atoms with Gasteiger partial charge in [-0.1, -0.05) is 26.2 Å². The van der Waals surface area contributed by atoms with Gasteiger partial charge in [-0.2, -0.15) is 5.10 Å². The third-order valence-corrected chi connectivity index (χ3v) is 6.84. The fraction of sp³-hybridized carbons (Fsp3) is 0.545. The molecule has 0 aromatic carbocycles. The fourth-order valence-electron chi connectivity index (χ4n) is 4.28. The van der Waals surface area contributed by atoms with Crippen LogP contribution in [0.5, 0.6) is 0 Å². The number of pyridine rings is 1. The number of amides is 2. The molecule has 0 saturated heterocycles. The van der Waals surface area contributed by atoms with Gasteiger partial charge in [0.05, 0.1) is 34.6 Å². The maximum Gasteiger partial charge on any atom is 0.407 e. The Morgan fingerprint density at radius 1 is 1.34 bits per heavy atom. The van der Waals surface area contributed by atoms with Gasteiger partial charge in [0.1, 0.15) is 5.82 Å². The van der Waals surface area contributed by atoms with Crippen molar-refractivity contribution in [2.45, 2.75) is 64.1 Å². The summed E-state index contributed by atoms with van der Waals surface area (Å²) in [6.45, 7) is 2.93. The van der Waals surface area contributed by atoms with Crippen LogP contribution in [-0.4, -0.2) is 45.5 Å². The predicted molar refractivity (Wildman–Crippen MR) is 124 cm³/mol. The summed E-state index contributed by atoms with van der Waals surface area (Å²) in [6.07, 6.45) is 8.93. The normalized spacial score (nSPS) is 19.9. The summed E-state index contributed by atoms with van der Waals surface area (Å²) in [4.78, 5) is 29.6. The number of nitrogens with zero attached hydrogens (tertiary/aromatic N) is 3. The summed E-state index contributed by atoms with van der Waals surface area (Å²) in [5.41, 5.74) is 2.85. The summed E-state index contributed by atoms with van der Waals surface area (Å²) in [7, 11) is 1.83. The average molecular weight is 505 g/mol. The lowest BCUT2D eigenvalue weighted by atomic mass is 9.90. The predicted octanol–water partition coefficient (Wildman–Crippen LogP) is 3.74. The average Bonchev–Trinajstić information content (AvgIpc) is 3.38. The number of anilines is 1. The number of unbranched alkanes of at least 4 members (excludes halogenated alkanes) is 1. The zero-order chi connectivity index (χ0) is 22.7. The molecule has 2 aliphatic rings. The van der Waals surface area contributed by atoms with E-state index in [1.807, 2.05) is 13.2 Å². The second kappa shape index (κ2) is 9.89. The topological polar surface area (TPSA) is 110 Å². The van der Waals surface area contributed by atoms with Gasteiger partial charge in [0.15, 0.2) is 0 Å². The Hall–Kier alpha value is -2.62. The number of aromatic nitrogens is 3. The summed E-state index contributed by atoms with van der Waals surface area (Å²) in [6, 6.07) is -0.0439. The van der Waals surface area contributed by atoms with Crippen molar-refractivity contribution in [3.63, 3.8) is 0 Å². The molecule has 0 unspecified atom stereocenters. The minimum atomic E-state index is -0.371. The van der Waals surface area contributed by atoms with Crippen molar-refractivity contribution in [2.24, 2.45) is 7.05 Å². The number of fused-ring (bicyclic) bond motifs is 1. The third kappa shape index (κ3) is 4.74. The lowest BCUT2D eigenvalue weighted by Gasteiger charge is -2.33. The smallest absolute Gasteiger partial charge is 0.407 e. The fourth-order valence-corrected chi connectivity index (χ4v) is 4.82. The SMILES string of the molecule is CCCCOC(=O)N[C@H]1CCCC[C@H]1Nc1nc(-c2cnn(C)c2)c2c(c1Br)CNC2=O. The van der Waals surface area contributed by atoms with E-state index < -0.39 is 0 Å². The molecule has 4 rings (SSSR count). The van der Waals surface area contributed by atoms with Crippen LogP contribution in [0.15, 0.2) is 16.9 Å². The van der Waals surface area contributed by atoms with Crippen LogP contribution < -0.4 is 16.0 Å². The molecule has 0 spiro atoms. The summed E-state index contributed by atoms with van der Waals surface area (Å²) in [5, 5.41) is 13.7. The minimum Gasteiger partial charge on any atom is -0.450 e. The Morgan fingerprint density at radius 3 is 2.84 bits per heavy atom. The van der Waals surface area contributed by atoms with E-state index in [-0.39, 0.29) is 24.1 Å². The van der Waals surface area contributed by atoms with E-state index in [9.17, 15) is 9.59 Å². The molecule has 2 aromatic heterocycles. The van der Waals surface area contributed by atoms with Crippen LogP contribution in [-0.2, 0) is 18.3 Å². The number of halogens is 1. The molecule has 2 atom stereocenters. The lowest BCUT2D eigenvalue weighted by Crippen LogP contribution is -2.49. The minimum absolute atomic E-state index is 0.0103. The molecular formula is C22H29BrN6O3. The highest BCUT2D eigenvalue weighted by Gasteiger charge is 2.32. The highest BCUT2D eigenvalue weighted by Crippen LogP contribution is 2.37. The summed E-state index contributed by atoms with van der Waals surface area (Å²) in [5.74, 6) is 0.530. The van der Waals surface area contributed by atoms with Gasteiger partial charge in [0, 0.05) is 37.0 Å². The third-order valence-electron chi connectivity index (χ3n) is 5.99. The van der Waals surface area contributed by atoms with Crippen molar-refractivity contribution in [1.29, 1.82) is 0 Å². The Kier molecular flexibility index (Phi) is 6.98. The highest BCUT2D eigenvalue weighted by atomic mass is 79.9. The molecule has 3 N–H and O–H groups in total. The molecule has 1 aliphatic carbocycles. The van der Waals surface area contributed by atoms with Gasteiger partial charge >= 0.3 is 6.09 Å². The molecule has 10 heteroatoms. The first-order chi connectivity index (χ1) is 15.5. The van der Waals surface area contributed by atoms with Crippen LogP contribution in [0.1, 0.15) is 61.4 Å². The van der Waals surface area contributed by atoms with E-state index >= 15 is 0 Å². The molecule has 1 aliphatic heterocycles. The van der Waals surface area contributed by atoms with E-state index in [1.54, 1.807) is 10.9 Å². The first-order valence-corrected chi connectivity index (χ1v) is 12.0. The van der Waals surface area contributed by atoms with E-state index in [1.165, 1.54) is 0 Å². The van der Waals surface area contributed by atoms with Crippen molar-refractivity contribution in [3.05, 3.63) is 28.0 Å². The van der Waals surface area contributed by atoms with Gasteiger partial charge in [-0.15, -0.1) is 0 Å². The van der Waals surface area contributed by atoms with E-state index in [0.717, 1.165) is 54.1 Å². The molecule has 2 amide bonds. The Labute approximate surface area is 195 Å². The molecule has 2 aromatic rings. The van der Waals surface area contributed by atoms with E-state index in [2.05, 4.69) is 43.9 Å². The molecular weight excluding hydrogens is 476 g/mol. The number of nitrogens with one attached hydrogen (secondary N) is 3. The number of alkyl carbamates (subject to hydrolysis) is 1. The number of hydrogen-bond acceptors (Lipinski definition) is 6. The number of aryl methyl sites for hydroxylation is 1. The number of hydrogen-bond donors (Lipinski definition) is 3.